The number of hydrogen-bond acceptors (Lipinski definition) is 5. The molecule has 0 unspecified atom stereocenters. The summed E-state index contributed by atoms with van der Waals surface area (Å²) in [6.07, 6.45) is 0. The van der Waals surface area contributed by atoms with Gasteiger partial charge in [0.15, 0.2) is 5.13 Å². The minimum absolute atomic E-state index is 0.402. The van der Waals surface area contributed by atoms with Gasteiger partial charge in [0.25, 0.3) is 0 Å². The molecule has 2 rings (SSSR count). The van der Waals surface area contributed by atoms with Crippen molar-refractivity contribution in [2.24, 2.45) is 0 Å². The molecule has 4 nitrogen and oxygen atoms in total. The monoisotopic (exact) mass is 330 g/mol. The van der Waals surface area contributed by atoms with Gasteiger partial charge in [-0.1, -0.05) is 34.5 Å². The van der Waals surface area contributed by atoms with E-state index in [9.17, 15) is 4.79 Å². The van der Waals surface area contributed by atoms with Gasteiger partial charge in [-0.2, -0.15) is 0 Å². The molecule has 1 aromatic carbocycles. The Hall–Kier alpha value is -1.30. The first kappa shape index (κ1) is 15.1. The van der Waals surface area contributed by atoms with Gasteiger partial charge in [-0.3, -0.25) is 0 Å². The summed E-state index contributed by atoms with van der Waals surface area (Å²) in [5.74, 6) is -0.402. The number of methoxy groups -OCH3 is 1. The Labute approximate surface area is 130 Å². The van der Waals surface area contributed by atoms with E-state index in [0.717, 1.165) is 5.56 Å². The first-order valence-corrected chi connectivity index (χ1v) is 7.28. The number of nitrogens with one attached hydrogen (secondary N) is 1. The third-order valence-corrected chi connectivity index (χ3v) is 4.43. The highest BCUT2D eigenvalue weighted by atomic mass is 35.5. The topological polar surface area (TPSA) is 51.2 Å². The molecule has 0 spiro atoms. The molecule has 0 saturated carbocycles. The van der Waals surface area contributed by atoms with Crippen LogP contribution in [0.3, 0.4) is 0 Å². The molecular weight excluding hydrogens is 319 g/mol. The number of nitrogens with zero attached hydrogens (tertiary/aromatic N) is 1. The molecule has 0 saturated heterocycles. The number of esters is 1. The lowest BCUT2D eigenvalue weighted by atomic mass is 10.2. The highest BCUT2D eigenvalue weighted by Gasteiger charge is 2.16. The lowest BCUT2D eigenvalue weighted by Crippen LogP contribution is -1.99. The van der Waals surface area contributed by atoms with Crippen molar-refractivity contribution < 1.29 is 9.53 Å². The molecule has 1 aromatic heterocycles. The zero-order valence-electron chi connectivity index (χ0n) is 11.1. The Morgan fingerprint density at radius 3 is 2.65 bits per heavy atom. The van der Waals surface area contributed by atoms with Crippen molar-refractivity contribution in [3.8, 4) is 0 Å². The summed E-state index contributed by atoms with van der Waals surface area (Å²) in [4.78, 5) is 16.3. The fourth-order valence-electron chi connectivity index (χ4n) is 1.59. The van der Waals surface area contributed by atoms with Crippen LogP contribution in [0.15, 0.2) is 12.1 Å². The maximum Gasteiger partial charge on any atom is 0.350 e. The highest BCUT2D eigenvalue weighted by Crippen LogP contribution is 2.33. The van der Waals surface area contributed by atoms with Crippen LogP contribution in [-0.2, 0) is 4.74 Å². The van der Waals surface area contributed by atoms with Gasteiger partial charge >= 0.3 is 5.97 Å². The van der Waals surface area contributed by atoms with Gasteiger partial charge in [0.1, 0.15) is 4.88 Å². The van der Waals surface area contributed by atoms with Crippen molar-refractivity contribution in [3.05, 3.63) is 38.3 Å². The van der Waals surface area contributed by atoms with Crippen molar-refractivity contribution in [1.29, 1.82) is 0 Å². The summed E-state index contributed by atoms with van der Waals surface area (Å²) in [5.41, 5.74) is 2.15. The molecule has 1 N–H and O–H groups in total. The third-order valence-electron chi connectivity index (χ3n) is 2.66. The predicted molar refractivity (Wildman–Crippen MR) is 82.7 cm³/mol. The van der Waals surface area contributed by atoms with Crippen LogP contribution in [0, 0.1) is 13.8 Å². The number of anilines is 2. The zero-order valence-corrected chi connectivity index (χ0v) is 13.4. The Kier molecular flexibility index (Phi) is 4.52. The van der Waals surface area contributed by atoms with Gasteiger partial charge in [0.2, 0.25) is 0 Å². The molecule has 0 aliphatic rings. The second-order valence-corrected chi connectivity index (χ2v) is 5.94. The fraction of sp³-hybridized carbons (Fsp3) is 0.231. The second-order valence-electron chi connectivity index (χ2n) is 4.13. The summed E-state index contributed by atoms with van der Waals surface area (Å²) >= 11 is 13.4. The molecule has 0 aliphatic carbocycles. The maximum atomic E-state index is 11.5. The van der Waals surface area contributed by atoms with E-state index in [1.165, 1.54) is 18.4 Å². The van der Waals surface area contributed by atoms with Crippen molar-refractivity contribution in [2.75, 3.05) is 12.4 Å². The van der Waals surface area contributed by atoms with Crippen LogP contribution in [0.1, 0.15) is 20.9 Å². The Morgan fingerprint density at radius 2 is 2.00 bits per heavy atom. The average Bonchev–Trinajstić information content (AvgIpc) is 2.76. The van der Waals surface area contributed by atoms with Gasteiger partial charge in [0.05, 0.1) is 23.5 Å². The molecule has 0 radical (unpaired) electrons. The number of aryl methyl sites for hydroxylation is 2. The molecule has 0 amide bonds. The van der Waals surface area contributed by atoms with Gasteiger partial charge in [-0.05, 0) is 31.5 Å². The average molecular weight is 331 g/mol. The summed E-state index contributed by atoms with van der Waals surface area (Å²) < 4.78 is 4.70. The van der Waals surface area contributed by atoms with Crippen LogP contribution in [-0.4, -0.2) is 18.1 Å². The third kappa shape index (κ3) is 3.06. The van der Waals surface area contributed by atoms with Gasteiger partial charge in [-0.25, -0.2) is 9.78 Å². The molecule has 20 heavy (non-hydrogen) atoms. The number of carbonyl (C=O) groups excluding carboxylic acids is 1. The van der Waals surface area contributed by atoms with Gasteiger partial charge < -0.3 is 10.1 Å². The lowest BCUT2D eigenvalue weighted by Gasteiger charge is -2.07. The molecule has 106 valence electrons. The van der Waals surface area contributed by atoms with Crippen molar-refractivity contribution in [1.82, 2.24) is 4.98 Å². The zero-order chi connectivity index (χ0) is 14.9. The largest absolute Gasteiger partial charge is 0.465 e. The predicted octanol–water partition coefficient (Wildman–Crippen LogP) is 4.60. The highest BCUT2D eigenvalue weighted by molar-refractivity contribution is 7.17. The van der Waals surface area contributed by atoms with Crippen LogP contribution >= 0.6 is 34.5 Å². The van der Waals surface area contributed by atoms with E-state index >= 15 is 0 Å². The molecule has 7 heteroatoms. The van der Waals surface area contributed by atoms with Crippen molar-refractivity contribution in [2.45, 2.75) is 13.8 Å². The van der Waals surface area contributed by atoms with E-state index in [-0.39, 0.29) is 0 Å². The number of rotatable bonds is 3. The molecule has 2 aromatic rings. The van der Waals surface area contributed by atoms with E-state index in [0.29, 0.717) is 31.4 Å². The summed E-state index contributed by atoms with van der Waals surface area (Å²) in [7, 11) is 1.34. The van der Waals surface area contributed by atoms with Gasteiger partial charge in [0, 0.05) is 5.02 Å². The molecule has 1 heterocycles. The number of carbonyl (C=O) groups is 1. The fourth-order valence-corrected chi connectivity index (χ4v) is 2.92. The Bertz CT molecular complexity index is 671. The molecule has 0 aliphatic heterocycles. The Balaban J connectivity index is 2.31. The van der Waals surface area contributed by atoms with E-state index in [1.807, 2.05) is 6.92 Å². The first-order chi connectivity index (χ1) is 9.42. The maximum absolute atomic E-state index is 11.5. The van der Waals surface area contributed by atoms with E-state index in [4.69, 9.17) is 27.9 Å². The summed E-state index contributed by atoms with van der Waals surface area (Å²) in [5, 5.41) is 4.77. The minimum atomic E-state index is -0.402. The minimum Gasteiger partial charge on any atom is -0.465 e. The molecule has 0 fully saturated rings. The van der Waals surface area contributed by atoms with Crippen molar-refractivity contribution >= 4 is 51.3 Å². The molecule has 0 atom stereocenters. The van der Waals surface area contributed by atoms with Crippen LogP contribution in [0.25, 0.3) is 0 Å². The van der Waals surface area contributed by atoms with Gasteiger partial charge in [-0.15, -0.1) is 0 Å². The summed E-state index contributed by atoms with van der Waals surface area (Å²) in [6.45, 7) is 3.62. The van der Waals surface area contributed by atoms with Crippen LogP contribution in [0.4, 0.5) is 10.8 Å². The standard InChI is InChI=1S/C13H12Cl2N2O2S/c1-6-4-9(15)10(5-8(6)14)17-13-16-7(2)11(20-13)12(18)19-3/h4-5H,1-3H3,(H,16,17). The number of ether oxygens (including phenoxy) is 1. The van der Waals surface area contributed by atoms with E-state index in [2.05, 4.69) is 10.3 Å². The van der Waals surface area contributed by atoms with Crippen molar-refractivity contribution in [3.63, 3.8) is 0 Å². The van der Waals surface area contributed by atoms with Crippen LogP contribution < -0.4 is 5.32 Å². The first-order valence-electron chi connectivity index (χ1n) is 5.70. The normalized spacial score (nSPS) is 10.4. The van der Waals surface area contributed by atoms with Crippen LogP contribution in [0.5, 0.6) is 0 Å². The second kappa shape index (κ2) is 5.99. The van der Waals surface area contributed by atoms with E-state index < -0.39 is 5.97 Å². The lowest BCUT2D eigenvalue weighted by molar-refractivity contribution is 0.0605. The number of benzene rings is 1. The summed E-state index contributed by atoms with van der Waals surface area (Å²) in [6, 6.07) is 3.50. The Morgan fingerprint density at radius 1 is 1.30 bits per heavy atom. The van der Waals surface area contributed by atoms with E-state index in [1.54, 1.807) is 19.1 Å². The quantitative estimate of drug-likeness (QED) is 0.835. The smallest absolute Gasteiger partial charge is 0.350 e. The molecule has 0 bridgehead atoms. The number of halogens is 2. The SMILES string of the molecule is COC(=O)c1sc(Nc2cc(Cl)c(C)cc2Cl)nc1C. The number of thiazole rings is 1. The van der Waals surface area contributed by atoms with Crippen LogP contribution in [0.2, 0.25) is 10.0 Å². The molecular formula is C13H12Cl2N2O2S. The number of aromatic nitrogens is 1. The number of hydrogen-bond donors (Lipinski definition) is 1.